The smallest absolute Gasteiger partial charge is 0.351 e. The van der Waals surface area contributed by atoms with Crippen molar-refractivity contribution in [3.63, 3.8) is 0 Å². The van der Waals surface area contributed by atoms with Gasteiger partial charge in [-0.3, -0.25) is 9.48 Å². The standard InChI is InChI=1S/C23H31ClF3N3O/c1-3-17(22-9-13-6-14(10-22)8-15(7-13)11-22)28-21(31)12(2)30-19(16-4-5-16)18(24)20(29-30)23(25,26)27/h12-17H,3-11H2,1-2H3,(H,28,31). The van der Waals surface area contributed by atoms with Gasteiger partial charge in [0, 0.05) is 12.0 Å². The van der Waals surface area contributed by atoms with Gasteiger partial charge in [-0.15, -0.1) is 0 Å². The summed E-state index contributed by atoms with van der Waals surface area (Å²) in [5.74, 6) is 2.02. The maximum absolute atomic E-state index is 13.4. The van der Waals surface area contributed by atoms with Crippen LogP contribution < -0.4 is 5.32 Å². The van der Waals surface area contributed by atoms with Gasteiger partial charge < -0.3 is 5.32 Å². The Hall–Kier alpha value is -1.24. The second kappa shape index (κ2) is 7.39. The number of halogens is 4. The van der Waals surface area contributed by atoms with Gasteiger partial charge in [0.25, 0.3) is 0 Å². The van der Waals surface area contributed by atoms with Crippen molar-refractivity contribution in [2.24, 2.45) is 23.2 Å². The molecule has 0 aliphatic heterocycles. The van der Waals surface area contributed by atoms with Crippen molar-refractivity contribution >= 4 is 17.5 Å². The molecular formula is C23H31ClF3N3O. The van der Waals surface area contributed by atoms with Crippen LogP contribution in [0.4, 0.5) is 13.2 Å². The molecule has 5 aliphatic rings. The summed E-state index contributed by atoms with van der Waals surface area (Å²) in [6, 6.07) is -0.763. The first-order chi connectivity index (χ1) is 14.6. The molecule has 6 rings (SSSR count). The van der Waals surface area contributed by atoms with Crippen LogP contribution in [0.2, 0.25) is 5.02 Å². The summed E-state index contributed by atoms with van der Waals surface area (Å²) in [5, 5.41) is 6.69. The van der Waals surface area contributed by atoms with Gasteiger partial charge in [0.1, 0.15) is 6.04 Å². The largest absolute Gasteiger partial charge is 0.436 e. The lowest BCUT2D eigenvalue weighted by molar-refractivity contribution is -0.142. The lowest BCUT2D eigenvalue weighted by Gasteiger charge is -2.59. The topological polar surface area (TPSA) is 46.9 Å². The Morgan fingerprint density at radius 1 is 1.19 bits per heavy atom. The molecule has 0 saturated heterocycles. The molecule has 1 heterocycles. The molecule has 1 aromatic rings. The fourth-order valence-electron chi connectivity index (χ4n) is 7.32. The van der Waals surface area contributed by atoms with Gasteiger partial charge in [-0.2, -0.15) is 18.3 Å². The van der Waals surface area contributed by atoms with Crippen LogP contribution in [-0.4, -0.2) is 21.7 Å². The van der Waals surface area contributed by atoms with Crippen molar-refractivity contribution in [2.75, 3.05) is 0 Å². The first-order valence-corrected chi connectivity index (χ1v) is 12.1. The number of hydrogen-bond donors (Lipinski definition) is 1. The number of aromatic nitrogens is 2. The first kappa shape index (κ1) is 21.6. The van der Waals surface area contributed by atoms with E-state index in [9.17, 15) is 18.0 Å². The maximum atomic E-state index is 13.4. The molecule has 8 heteroatoms. The van der Waals surface area contributed by atoms with E-state index < -0.39 is 17.9 Å². The summed E-state index contributed by atoms with van der Waals surface area (Å²) in [5.41, 5.74) is -0.569. The fraction of sp³-hybridized carbons (Fsp3) is 0.826. The average molecular weight is 458 g/mol. The van der Waals surface area contributed by atoms with Crippen LogP contribution >= 0.6 is 11.6 Å². The highest BCUT2D eigenvalue weighted by molar-refractivity contribution is 6.32. The molecule has 1 N–H and O–H groups in total. The van der Waals surface area contributed by atoms with Crippen LogP contribution in [0, 0.1) is 23.2 Å². The minimum absolute atomic E-state index is 0.0449. The molecule has 31 heavy (non-hydrogen) atoms. The Balaban J connectivity index is 1.38. The first-order valence-electron chi connectivity index (χ1n) is 11.8. The monoisotopic (exact) mass is 457 g/mol. The molecule has 2 atom stereocenters. The number of nitrogens with one attached hydrogen (secondary N) is 1. The summed E-state index contributed by atoms with van der Waals surface area (Å²) in [6.45, 7) is 3.74. The Morgan fingerprint density at radius 3 is 2.19 bits per heavy atom. The lowest BCUT2D eigenvalue weighted by atomic mass is 9.47. The number of hydrogen-bond acceptors (Lipinski definition) is 2. The van der Waals surface area contributed by atoms with Gasteiger partial charge in [-0.05, 0) is 87.9 Å². The predicted octanol–water partition coefficient (Wildman–Crippen LogP) is 6.10. The molecule has 2 unspecified atom stereocenters. The molecule has 1 aromatic heterocycles. The average Bonchev–Trinajstić information content (AvgIpc) is 3.45. The molecule has 1 amide bonds. The van der Waals surface area contributed by atoms with Gasteiger partial charge in [0.2, 0.25) is 5.91 Å². The van der Waals surface area contributed by atoms with Gasteiger partial charge in [0.05, 0.1) is 10.7 Å². The molecule has 5 fully saturated rings. The Kier molecular flexibility index (Phi) is 5.15. The third-order valence-corrected chi connectivity index (χ3v) is 8.79. The van der Waals surface area contributed by atoms with E-state index >= 15 is 0 Å². The Bertz CT molecular complexity index is 841. The number of carbonyl (C=O) groups is 1. The minimum Gasteiger partial charge on any atom is -0.351 e. The van der Waals surface area contributed by atoms with Crippen molar-refractivity contribution < 1.29 is 18.0 Å². The molecule has 5 saturated carbocycles. The number of rotatable bonds is 6. The number of carbonyl (C=O) groups excluding carboxylic acids is 1. The Morgan fingerprint density at radius 2 is 1.74 bits per heavy atom. The minimum atomic E-state index is -4.63. The van der Waals surface area contributed by atoms with Crippen molar-refractivity contribution in [2.45, 2.75) is 95.8 Å². The van der Waals surface area contributed by atoms with Gasteiger partial charge in [-0.25, -0.2) is 0 Å². The third kappa shape index (κ3) is 3.68. The quantitative estimate of drug-likeness (QED) is 0.560. The van der Waals surface area contributed by atoms with Crippen LogP contribution in [0.3, 0.4) is 0 Å². The summed E-state index contributed by atoms with van der Waals surface area (Å²) < 4.78 is 41.5. The number of alkyl halides is 3. The zero-order chi connectivity index (χ0) is 22.1. The normalized spacial score (nSPS) is 34.1. The van der Waals surface area contributed by atoms with E-state index in [-0.39, 0.29) is 28.3 Å². The summed E-state index contributed by atoms with van der Waals surface area (Å²) in [6.07, 6.45) is 5.28. The van der Waals surface area contributed by atoms with Crippen LogP contribution in [0.5, 0.6) is 0 Å². The van der Waals surface area contributed by atoms with E-state index in [0.717, 1.165) is 37.0 Å². The molecule has 4 nitrogen and oxygen atoms in total. The lowest BCUT2D eigenvalue weighted by Crippen LogP contribution is -2.57. The summed E-state index contributed by atoms with van der Waals surface area (Å²) in [4.78, 5) is 13.3. The van der Waals surface area contributed by atoms with Gasteiger partial charge >= 0.3 is 6.18 Å². The highest BCUT2D eigenvalue weighted by atomic mass is 35.5. The van der Waals surface area contributed by atoms with Crippen molar-refractivity contribution in [1.29, 1.82) is 0 Å². The van der Waals surface area contributed by atoms with Crippen LogP contribution in [0.1, 0.15) is 95.0 Å². The summed E-state index contributed by atoms with van der Waals surface area (Å²) in [7, 11) is 0. The molecule has 0 spiro atoms. The summed E-state index contributed by atoms with van der Waals surface area (Å²) >= 11 is 6.11. The highest BCUT2D eigenvalue weighted by Crippen LogP contribution is 2.61. The van der Waals surface area contributed by atoms with E-state index in [2.05, 4.69) is 17.3 Å². The maximum Gasteiger partial charge on any atom is 0.436 e. The van der Waals surface area contributed by atoms with Crippen LogP contribution in [-0.2, 0) is 11.0 Å². The van der Waals surface area contributed by atoms with Gasteiger partial charge in [-0.1, -0.05) is 18.5 Å². The molecule has 4 bridgehead atoms. The molecule has 0 aromatic carbocycles. The van der Waals surface area contributed by atoms with Crippen LogP contribution in [0.15, 0.2) is 0 Å². The van der Waals surface area contributed by atoms with Gasteiger partial charge in [0.15, 0.2) is 5.69 Å². The SMILES string of the molecule is CCC(NC(=O)C(C)n1nc(C(F)(F)F)c(Cl)c1C1CC1)C12CC3CC(CC(C3)C1)C2. The predicted molar refractivity (Wildman–Crippen MR) is 112 cm³/mol. The molecule has 172 valence electrons. The van der Waals surface area contributed by atoms with E-state index in [4.69, 9.17) is 11.6 Å². The number of amides is 1. The van der Waals surface area contributed by atoms with E-state index in [1.807, 2.05) is 0 Å². The zero-order valence-electron chi connectivity index (χ0n) is 18.1. The van der Waals surface area contributed by atoms with Crippen molar-refractivity contribution in [3.8, 4) is 0 Å². The fourth-order valence-corrected chi connectivity index (χ4v) is 7.71. The zero-order valence-corrected chi connectivity index (χ0v) is 18.9. The van der Waals surface area contributed by atoms with E-state index in [0.29, 0.717) is 5.69 Å². The van der Waals surface area contributed by atoms with Crippen LogP contribution in [0.25, 0.3) is 0 Å². The highest BCUT2D eigenvalue weighted by Gasteiger charge is 2.54. The molecular weight excluding hydrogens is 427 g/mol. The molecule has 0 radical (unpaired) electrons. The van der Waals surface area contributed by atoms with Crippen molar-refractivity contribution in [1.82, 2.24) is 15.1 Å². The number of nitrogens with zero attached hydrogens (tertiary/aromatic N) is 2. The van der Waals surface area contributed by atoms with E-state index in [1.54, 1.807) is 6.92 Å². The van der Waals surface area contributed by atoms with Crippen molar-refractivity contribution in [3.05, 3.63) is 16.4 Å². The third-order valence-electron chi connectivity index (χ3n) is 8.42. The second-order valence-corrected chi connectivity index (χ2v) is 11.1. The van der Waals surface area contributed by atoms with E-state index in [1.165, 1.54) is 43.2 Å². The second-order valence-electron chi connectivity index (χ2n) is 10.7. The molecule has 5 aliphatic carbocycles. The Labute approximate surface area is 186 Å².